The Hall–Kier alpha value is -2.21. The van der Waals surface area contributed by atoms with Crippen LogP contribution >= 0.6 is 0 Å². The number of amides is 1. The van der Waals surface area contributed by atoms with Crippen LogP contribution < -0.4 is 11.3 Å². The molecule has 1 rings (SSSR count). The van der Waals surface area contributed by atoms with Crippen molar-refractivity contribution in [2.75, 3.05) is 0 Å². The zero-order chi connectivity index (χ0) is 11.3. The van der Waals surface area contributed by atoms with E-state index in [-0.39, 0.29) is 5.69 Å². The largest absolute Gasteiger partial charge is 0.291 e. The van der Waals surface area contributed by atoms with Crippen LogP contribution in [0.25, 0.3) is 6.08 Å². The molecule has 3 N–H and O–H groups in total. The van der Waals surface area contributed by atoms with Crippen LogP contribution in [0.3, 0.4) is 0 Å². The number of carbonyl (C=O) groups excluding carboxylic acids is 1. The topological polar surface area (TPSA) is 98.3 Å². The summed E-state index contributed by atoms with van der Waals surface area (Å²) in [6, 6.07) is 5.80. The van der Waals surface area contributed by atoms with Gasteiger partial charge in [-0.25, -0.2) is 5.84 Å². The van der Waals surface area contributed by atoms with E-state index in [0.717, 1.165) is 0 Å². The number of non-ortho nitro benzene ring substituents is 1. The van der Waals surface area contributed by atoms with Crippen molar-refractivity contribution in [3.8, 4) is 0 Å². The van der Waals surface area contributed by atoms with Gasteiger partial charge in [0.1, 0.15) is 0 Å². The molecule has 15 heavy (non-hydrogen) atoms. The lowest BCUT2D eigenvalue weighted by Crippen LogP contribution is -2.27. The highest BCUT2D eigenvalue weighted by atomic mass is 16.6. The molecule has 1 amide bonds. The Labute approximate surface area is 85.5 Å². The van der Waals surface area contributed by atoms with E-state index in [0.29, 0.717) is 5.56 Å². The molecule has 0 spiro atoms. The number of benzene rings is 1. The number of carbonyl (C=O) groups is 1. The molecule has 0 radical (unpaired) electrons. The van der Waals surface area contributed by atoms with Gasteiger partial charge in [0, 0.05) is 18.2 Å². The molecule has 0 aliphatic carbocycles. The lowest BCUT2D eigenvalue weighted by molar-refractivity contribution is -0.384. The van der Waals surface area contributed by atoms with E-state index in [4.69, 9.17) is 5.84 Å². The van der Waals surface area contributed by atoms with Crippen molar-refractivity contribution in [3.05, 3.63) is 46.0 Å². The van der Waals surface area contributed by atoms with E-state index in [1.807, 2.05) is 5.43 Å². The number of hydrazine groups is 1. The van der Waals surface area contributed by atoms with Crippen LogP contribution in [0.4, 0.5) is 5.69 Å². The maximum Gasteiger partial charge on any atom is 0.269 e. The van der Waals surface area contributed by atoms with Gasteiger partial charge in [-0.2, -0.15) is 0 Å². The summed E-state index contributed by atoms with van der Waals surface area (Å²) in [5.74, 6) is 4.42. The minimum Gasteiger partial charge on any atom is -0.291 e. The van der Waals surface area contributed by atoms with Gasteiger partial charge in [0.05, 0.1) is 4.92 Å². The predicted molar refractivity (Wildman–Crippen MR) is 54.5 cm³/mol. The van der Waals surface area contributed by atoms with Crippen LogP contribution in [0, 0.1) is 10.1 Å². The molecule has 0 atom stereocenters. The van der Waals surface area contributed by atoms with Gasteiger partial charge in [0.15, 0.2) is 0 Å². The molecule has 6 nitrogen and oxygen atoms in total. The predicted octanol–water partition coefficient (Wildman–Crippen LogP) is 0.598. The second-order valence-electron chi connectivity index (χ2n) is 2.69. The zero-order valence-corrected chi connectivity index (χ0v) is 7.71. The van der Waals surface area contributed by atoms with Crippen molar-refractivity contribution in [1.29, 1.82) is 0 Å². The monoisotopic (exact) mass is 207 g/mol. The number of nitrogens with zero attached hydrogens (tertiary/aromatic N) is 1. The molecule has 0 heterocycles. The number of nitro benzene ring substituents is 1. The Kier molecular flexibility index (Phi) is 3.53. The van der Waals surface area contributed by atoms with Crippen LogP contribution in [0.1, 0.15) is 5.56 Å². The fraction of sp³-hybridized carbons (Fsp3) is 0. The maximum absolute atomic E-state index is 10.7. The number of nitrogens with two attached hydrogens (primary N) is 1. The van der Waals surface area contributed by atoms with Crippen molar-refractivity contribution < 1.29 is 9.72 Å². The number of hydrogen-bond donors (Lipinski definition) is 2. The van der Waals surface area contributed by atoms with Gasteiger partial charge in [0.2, 0.25) is 0 Å². The van der Waals surface area contributed by atoms with E-state index in [1.165, 1.54) is 24.3 Å². The fourth-order valence-electron chi connectivity index (χ4n) is 0.927. The van der Waals surface area contributed by atoms with E-state index >= 15 is 0 Å². The molecule has 1 aromatic rings. The second kappa shape index (κ2) is 4.87. The number of hydrogen-bond acceptors (Lipinski definition) is 4. The lowest BCUT2D eigenvalue weighted by Gasteiger charge is -1.93. The summed E-state index contributed by atoms with van der Waals surface area (Å²) < 4.78 is 0. The van der Waals surface area contributed by atoms with Gasteiger partial charge in [-0.1, -0.05) is 0 Å². The SMILES string of the molecule is NNC(=O)C=Cc1ccc([N+](=O)[O-])cc1. The Balaban J connectivity index is 2.77. The molecule has 0 fully saturated rings. The first kappa shape index (κ1) is 10.9. The van der Waals surface area contributed by atoms with Gasteiger partial charge >= 0.3 is 0 Å². The molecule has 0 aliphatic rings. The van der Waals surface area contributed by atoms with Crippen molar-refractivity contribution in [1.82, 2.24) is 5.43 Å². The first-order valence-corrected chi connectivity index (χ1v) is 4.06. The minimum atomic E-state index is -0.486. The van der Waals surface area contributed by atoms with Crippen LogP contribution in [0.15, 0.2) is 30.3 Å². The average Bonchev–Trinajstić information content (AvgIpc) is 2.26. The third-order valence-electron chi connectivity index (χ3n) is 1.67. The summed E-state index contributed by atoms with van der Waals surface area (Å²) in [4.78, 5) is 20.6. The highest BCUT2D eigenvalue weighted by molar-refractivity contribution is 5.91. The molecule has 0 bridgehead atoms. The molecule has 1 aromatic carbocycles. The van der Waals surface area contributed by atoms with Gasteiger partial charge in [0.25, 0.3) is 11.6 Å². The van der Waals surface area contributed by atoms with Crippen molar-refractivity contribution in [2.24, 2.45) is 5.84 Å². The first-order chi connectivity index (χ1) is 7.13. The van der Waals surface area contributed by atoms with Gasteiger partial charge in [-0.3, -0.25) is 20.3 Å². The summed E-state index contributed by atoms with van der Waals surface area (Å²) in [6.45, 7) is 0. The molecule has 0 aromatic heterocycles. The highest BCUT2D eigenvalue weighted by Crippen LogP contribution is 2.12. The minimum absolute atomic E-state index is 0.00965. The van der Waals surface area contributed by atoms with E-state index in [9.17, 15) is 14.9 Å². The molecule has 6 heteroatoms. The van der Waals surface area contributed by atoms with E-state index in [2.05, 4.69) is 0 Å². The zero-order valence-electron chi connectivity index (χ0n) is 7.71. The maximum atomic E-state index is 10.7. The number of nitrogens with one attached hydrogen (secondary N) is 1. The summed E-state index contributed by atoms with van der Waals surface area (Å²) in [5.41, 5.74) is 2.62. The lowest BCUT2D eigenvalue weighted by atomic mass is 10.2. The van der Waals surface area contributed by atoms with Crippen molar-refractivity contribution in [2.45, 2.75) is 0 Å². The van der Waals surface area contributed by atoms with Crippen molar-refractivity contribution >= 4 is 17.7 Å². The van der Waals surface area contributed by atoms with Crippen molar-refractivity contribution in [3.63, 3.8) is 0 Å². The Morgan fingerprint density at radius 1 is 1.40 bits per heavy atom. The second-order valence-corrected chi connectivity index (χ2v) is 2.69. The fourth-order valence-corrected chi connectivity index (χ4v) is 0.927. The normalized spacial score (nSPS) is 10.2. The van der Waals surface area contributed by atoms with Crippen LogP contribution in [0.5, 0.6) is 0 Å². The molecular weight excluding hydrogens is 198 g/mol. The number of rotatable bonds is 3. The molecule has 0 aliphatic heterocycles. The molecule has 0 unspecified atom stereocenters. The van der Waals surface area contributed by atoms with E-state index < -0.39 is 10.8 Å². The third kappa shape index (κ3) is 3.20. The molecule has 0 saturated carbocycles. The Morgan fingerprint density at radius 3 is 2.47 bits per heavy atom. The molecule has 78 valence electrons. The van der Waals surface area contributed by atoms with Gasteiger partial charge in [-0.15, -0.1) is 0 Å². The van der Waals surface area contributed by atoms with E-state index in [1.54, 1.807) is 12.1 Å². The average molecular weight is 207 g/mol. The van der Waals surface area contributed by atoms with Crippen LogP contribution in [0.2, 0.25) is 0 Å². The molecular formula is C9H9N3O3. The first-order valence-electron chi connectivity index (χ1n) is 4.06. The Bertz CT molecular complexity index is 398. The summed E-state index contributed by atoms with van der Waals surface area (Å²) in [5, 5.41) is 10.3. The van der Waals surface area contributed by atoms with Gasteiger partial charge in [-0.05, 0) is 23.8 Å². The standard InChI is InChI=1S/C9H9N3O3/c10-11-9(13)6-3-7-1-4-8(5-2-7)12(14)15/h1-6H,10H2,(H,11,13). The smallest absolute Gasteiger partial charge is 0.269 e. The molecule has 0 saturated heterocycles. The highest BCUT2D eigenvalue weighted by Gasteiger charge is 2.02. The van der Waals surface area contributed by atoms with Crippen LogP contribution in [-0.2, 0) is 4.79 Å². The quantitative estimate of drug-likeness (QED) is 0.249. The van der Waals surface area contributed by atoms with Gasteiger partial charge < -0.3 is 0 Å². The Morgan fingerprint density at radius 2 is 2.00 bits per heavy atom. The third-order valence-corrected chi connectivity index (χ3v) is 1.67. The summed E-state index contributed by atoms with van der Waals surface area (Å²) in [6.07, 6.45) is 2.74. The van der Waals surface area contributed by atoms with Crippen LogP contribution in [-0.4, -0.2) is 10.8 Å². The summed E-state index contributed by atoms with van der Waals surface area (Å²) in [7, 11) is 0. The summed E-state index contributed by atoms with van der Waals surface area (Å²) >= 11 is 0. The number of nitro groups is 1.